The number of nitrogens with one attached hydrogen (secondary N) is 2. The molecule has 0 unspecified atom stereocenters. The summed E-state index contributed by atoms with van der Waals surface area (Å²) in [7, 11) is 0. The first-order valence-electron chi connectivity index (χ1n) is 9.44. The van der Waals surface area contributed by atoms with Gasteiger partial charge in [-0.15, -0.1) is 23.7 Å². The fourth-order valence-electron chi connectivity index (χ4n) is 3.07. The number of rotatable bonds is 7. The number of aryl methyl sites for hydroxylation is 1. The summed E-state index contributed by atoms with van der Waals surface area (Å²) >= 11 is 1.62. The van der Waals surface area contributed by atoms with Crippen LogP contribution in [0.5, 0.6) is 0 Å². The summed E-state index contributed by atoms with van der Waals surface area (Å²) in [6.07, 6.45) is 5.03. The van der Waals surface area contributed by atoms with E-state index in [2.05, 4.69) is 22.9 Å². The van der Waals surface area contributed by atoms with E-state index in [1.807, 2.05) is 24.3 Å². The van der Waals surface area contributed by atoms with E-state index in [0.29, 0.717) is 12.5 Å². The zero-order valence-corrected chi connectivity index (χ0v) is 17.3. The second-order valence-corrected chi connectivity index (χ2v) is 7.57. The molecule has 0 spiro atoms. The van der Waals surface area contributed by atoms with Crippen molar-refractivity contribution in [3.05, 3.63) is 35.3 Å². The number of ether oxygens (including phenoxy) is 1. The average Bonchev–Trinajstić information content (AvgIpc) is 3.15. The number of benzene rings is 1. The Morgan fingerprint density at radius 1 is 1.33 bits per heavy atom. The van der Waals surface area contributed by atoms with E-state index < -0.39 is 6.09 Å². The van der Waals surface area contributed by atoms with Crippen LogP contribution >= 0.6 is 23.7 Å². The number of unbranched alkanes of at least 4 members (excludes halogenated alkanes) is 1. The molecule has 2 heterocycles. The number of halogens is 1. The molecule has 148 valence electrons. The number of thiazole rings is 1. The summed E-state index contributed by atoms with van der Waals surface area (Å²) in [5.41, 5.74) is 2.81. The van der Waals surface area contributed by atoms with Crippen molar-refractivity contribution >= 4 is 35.5 Å². The van der Waals surface area contributed by atoms with Gasteiger partial charge in [0, 0.05) is 10.9 Å². The molecule has 1 saturated heterocycles. The summed E-state index contributed by atoms with van der Waals surface area (Å²) in [4.78, 5) is 16.9. The summed E-state index contributed by atoms with van der Waals surface area (Å²) in [6.45, 7) is 4.67. The van der Waals surface area contributed by atoms with Crippen molar-refractivity contribution in [2.75, 3.05) is 25.0 Å². The average molecular weight is 410 g/mol. The number of para-hydroxylation sites is 1. The van der Waals surface area contributed by atoms with Gasteiger partial charge in [0.05, 0.1) is 18.0 Å². The normalized spacial score (nSPS) is 14.4. The smallest absolute Gasteiger partial charge is 0.411 e. The van der Waals surface area contributed by atoms with Gasteiger partial charge in [0.25, 0.3) is 0 Å². The minimum atomic E-state index is -0.390. The molecule has 0 bridgehead atoms. The largest absolute Gasteiger partial charge is 0.449 e. The number of carbonyl (C=O) groups is 1. The molecule has 0 atom stereocenters. The molecule has 5 nitrogen and oxygen atoms in total. The second kappa shape index (κ2) is 11.3. The van der Waals surface area contributed by atoms with Crippen LogP contribution in [-0.4, -0.2) is 30.8 Å². The Hall–Kier alpha value is -1.63. The minimum Gasteiger partial charge on any atom is -0.449 e. The van der Waals surface area contributed by atoms with Gasteiger partial charge in [-0.3, -0.25) is 5.32 Å². The highest BCUT2D eigenvalue weighted by molar-refractivity contribution is 7.13. The van der Waals surface area contributed by atoms with E-state index in [1.165, 1.54) is 0 Å². The van der Waals surface area contributed by atoms with Crippen LogP contribution < -0.4 is 10.6 Å². The Bertz CT molecular complexity index is 717. The summed E-state index contributed by atoms with van der Waals surface area (Å²) in [5, 5.41) is 9.26. The van der Waals surface area contributed by atoms with Gasteiger partial charge in [-0.25, -0.2) is 9.78 Å². The monoisotopic (exact) mass is 409 g/mol. The number of hydrogen-bond acceptors (Lipinski definition) is 5. The van der Waals surface area contributed by atoms with Crippen LogP contribution in [0.2, 0.25) is 0 Å². The topological polar surface area (TPSA) is 63.2 Å². The van der Waals surface area contributed by atoms with Gasteiger partial charge in [0.1, 0.15) is 5.01 Å². The molecular formula is C20H28ClN3O2S. The van der Waals surface area contributed by atoms with E-state index in [9.17, 15) is 4.79 Å². The maximum Gasteiger partial charge on any atom is 0.411 e. The predicted molar refractivity (Wildman–Crippen MR) is 114 cm³/mol. The summed E-state index contributed by atoms with van der Waals surface area (Å²) in [5.74, 6) is 0.456. The Morgan fingerprint density at radius 3 is 2.89 bits per heavy atom. The van der Waals surface area contributed by atoms with Crippen LogP contribution in [0.25, 0.3) is 10.6 Å². The maximum atomic E-state index is 12.2. The van der Waals surface area contributed by atoms with Crippen LogP contribution in [0.1, 0.15) is 38.3 Å². The number of hydrogen-bond donors (Lipinski definition) is 2. The molecule has 0 aliphatic carbocycles. The van der Waals surface area contributed by atoms with Gasteiger partial charge in [0.2, 0.25) is 0 Å². The molecule has 2 aromatic rings. The van der Waals surface area contributed by atoms with Crippen LogP contribution in [0.15, 0.2) is 29.6 Å². The zero-order valence-electron chi connectivity index (χ0n) is 15.7. The highest BCUT2D eigenvalue weighted by atomic mass is 35.5. The lowest BCUT2D eigenvalue weighted by molar-refractivity contribution is 0.131. The van der Waals surface area contributed by atoms with E-state index in [4.69, 9.17) is 9.72 Å². The first-order chi connectivity index (χ1) is 12.8. The predicted octanol–water partition coefficient (Wildman–Crippen LogP) is 5.12. The van der Waals surface area contributed by atoms with E-state index in [-0.39, 0.29) is 12.4 Å². The molecular weight excluding hydrogens is 382 g/mol. The molecule has 1 aromatic carbocycles. The van der Waals surface area contributed by atoms with Crippen molar-refractivity contribution in [3.63, 3.8) is 0 Å². The number of nitrogens with zero attached hydrogens (tertiary/aromatic N) is 1. The highest BCUT2D eigenvalue weighted by Gasteiger charge is 2.16. The zero-order chi connectivity index (χ0) is 18.2. The molecule has 1 amide bonds. The Labute approximate surface area is 171 Å². The van der Waals surface area contributed by atoms with Gasteiger partial charge in [-0.2, -0.15) is 0 Å². The highest BCUT2D eigenvalue weighted by Crippen LogP contribution is 2.31. The van der Waals surface area contributed by atoms with Crippen LogP contribution in [0.3, 0.4) is 0 Å². The lowest BCUT2D eigenvalue weighted by Gasteiger charge is -2.22. The summed E-state index contributed by atoms with van der Waals surface area (Å²) in [6, 6.07) is 7.77. The first-order valence-corrected chi connectivity index (χ1v) is 10.3. The van der Waals surface area contributed by atoms with Crippen molar-refractivity contribution in [1.82, 2.24) is 10.3 Å². The van der Waals surface area contributed by atoms with Crippen molar-refractivity contribution < 1.29 is 9.53 Å². The molecule has 0 saturated carbocycles. The third-order valence-corrected chi connectivity index (χ3v) is 5.57. The van der Waals surface area contributed by atoms with Gasteiger partial charge in [-0.1, -0.05) is 25.5 Å². The number of aromatic nitrogens is 1. The van der Waals surface area contributed by atoms with Gasteiger partial charge >= 0.3 is 6.09 Å². The Morgan fingerprint density at radius 2 is 2.11 bits per heavy atom. The third kappa shape index (κ3) is 6.48. The lowest BCUT2D eigenvalue weighted by Crippen LogP contribution is -2.31. The summed E-state index contributed by atoms with van der Waals surface area (Å²) < 4.78 is 5.44. The Balaban J connectivity index is 0.00000261. The maximum absolute atomic E-state index is 12.2. The lowest BCUT2D eigenvalue weighted by atomic mass is 9.99. The van der Waals surface area contributed by atoms with E-state index in [0.717, 1.165) is 67.1 Å². The van der Waals surface area contributed by atoms with Crippen LogP contribution in [-0.2, 0) is 11.2 Å². The molecule has 27 heavy (non-hydrogen) atoms. The van der Waals surface area contributed by atoms with Crippen molar-refractivity contribution in [3.8, 4) is 10.6 Å². The van der Waals surface area contributed by atoms with Gasteiger partial charge < -0.3 is 10.1 Å². The molecule has 1 aliphatic heterocycles. The minimum absolute atomic E-state index is 0. The number of anilines is 1. The van der Waals surface area contributed by atoms with Gasteiger partial charge in [0.15, 0.2) is 0 Å². The fourth-order valence-corrected chi connectivity index (χ4v) is 3.96. The third-order valence-electron chi connectivity index (χ3n) is 4.64. The molecule has 3 rings (SSSR count). The first kappa shape index (κ1) is 21.7. The second-order valence-electron chi connectivity index (χ2n) is 6.71. The molecule has 1 aliphatic rings. The van der Waals surface area contributed by atoms with E-state index >= 15 is 0 Å². The number of piperidine rings is 1. The fraction of sp³-hybridized carbons (Fsp3) is 0.500. The van der Waals surface area contributed by atoms with Crippen LogP contribution in [0, 0.1) is 5.92 Å². The van der Waals surface area contributed by atoms with Crippen molar-refractivity contribution in [2.45, 2.75) is 39.0 Å². The standard InChI is InChI=1S/C20H27N3O2S.ClH/c1-2-3-6-16-14-26-19(22-16)17-7-4-5-8-18(17)23-20(24)25-13-15-9-11-21-12-10-15;/h4-5,7-8,14-15,21H,2-3,6,9-13H2,1H3,(H,23,24);1H. The van der Waals surface area contributed by atoms with Crippen LogP contribution in [0.4, 0.5) is 10.5 Å². The number of amides is 1. The van der Waals surface area contributed by atoms with Gasteiger partial charge in [-0.05, 0) is 56.8 Å². The molecule has 1 fully saturated rings. The molecule has 0 radical (unpaired) electrons. The quantitative estimate of drug-likeness (QED) is 0.665. The van der Waals surface area contributed by atoms with Crippen molar-refractivity contribution in [1.29, 1.82) is 0 Å². The number of carbonyl (C=O) groups excluding carboxylic acids is 1. The van der Waals surface area contributed by atoms with Crippen molar-refractivity contribution in [2.24, 2.45) is 5.92 Å². The Kier molecular flexibility index (Phi) is 9.04. The molecule has 1 aromatic heterocycles. The molecule has 7 heteroatoms. The molecule has 2 N–H and O–H groups in total. The van der Waals surface area contributed by atoms with E-state index in [1.54, 1.807) is 11.3 Å². The SMILES string of the molecule is CCCCc1csc(-c2ccccc2NC(=O)OCC2CCNCC2)n1.Cl.